The molecule has 0 bridgehead atoms. The van der Waals surface area contributed by atoms with Crippen LogP contribution in [0.4, 0.5) is 5.69 Å². The zero-order valence-electron chi connectivity index (χ0n) is 10.4. The third-order valence-corrected chi connectivity index (χ3v) is 5.98. The number of benzene rings is 1. The molecule has 0 heterocycles. The lowest BCUT2D eigenvalue weighted by Gasteiger charge is -2.27. The Labute approximate surface area is 116 Å². The average Bonchev–Trinajstić information content (AvgIpc) is 2.37. The maximum absolute atomic E-state index is 11.8. The number of nitro benzene ring substituents is 1. The van der Waals surface area contributed by atoms with Gasteiger partial charge in [0.1, 0.15) is 6.10 Å². The third kappa shape index (κ3) is 3.05. The third-order valence-electron chi connectivity index (χ3n) is 2.87. The van der Waals surface area contributed by atoms with Crippen molar-refractivity contribution in [2.75, 3.05) is 5.75 Å². The highest BCUT2D eigenvalue weighted by Gasteiger charge is 2.43. The van der Waals surface area contributed by atoms with E-state index < -0.39 is 25.1 Å². The zero-order chi connectivity index (χ0) is 14.8. The highest BCUT2D eigenvalue weighted by Crippen LogP contribution is 2.37. The summed E-state index contributed by atoms with van der Waals surface area (Å²) >= 11 is 5.94. The molecule has 0 amide bonds. The van der Waals surface area contributed by atoms with Gasteiger partial charge in [-0.05, 0) is 12.5 Å². The predicted molar refractivity (Wildman–Crippen MR) is 71.8 cm³/mol. The first-order valence-electron chi connectivity index (χ1n) is 5.47. The summed E-state index contributed by atoms with van der Waals surface area (Å²) in [6.07, 6.45) is -1.56. The van der Waals surface area contributed by atoms with Crippen molar-refractivity contribution < 1.29 is 18.4 Å². The minimum atomic E-state index is -3.73. The molecule has 0 aromatic heterocycles. The first-order valence-corrected chi connectivity index (χ1v) is 7.50. The fourth-order valence-electron chi connectivity index (χ4n) is 1.56. The quantitative estimate of drug-likeness (QED) is 0.510. The maximum atomic E-state index is 11.8. The summed E-state index contributed by atoms with van der Waals surface area (Å²) in [5, 5.41) is 20.7. The van der Waals surface area contributed by atoms with Gasteiger partial charge in [0.25, 0.3) is 5.69 Å². The summed E-state index contributed by atoms with van der Waals surface area (Å²) in [5.41, 5.74) is -0.151. The van der Waals surface area contributed by atoms with E-state index in [2.05, 4.69) is 0 Å². The number of rotatable bonds is 5. The molecule has 1 rings (SSSR count). The molecule has 0 aliphatic heterocycles. The number of alkyl halides is 1. The van der Waals surface area contributed by atoms with Crippen LogP contribution in [0.15, 0.2) is 24.3 Å². The molecule has 0 saturated carbocycles. The summed E-state index contributed by atoms with van der Waals surface area (Å²) in [5.74, 6) is -0.237. The van der Waals surface area contributed by atoms with Crippen LogP contribution >= 0.6 is 11.6 Å². The lowest BCUT2D eigenvalue weighted by Crippen LogP contribution is -2.37. The van der Waals surface area contributed by atoms with E-state index in [4.69, 9.17) is 11.6 Å². The molecule has 6 nitrogen and oxygen atoms in total. The van der Waals surface area contributed by atoms with Crippen LogP contribution in [0, 0.1) is 10.1 Å². The normalized spacial score (nSPS) is 16.6. The Morgan fingerprint density at radius 2 is 2.11 bits per heavy atom. The first-order chi connectivity index (χ1) is 8.63. The van der Waals surface area contributed by atoms with E-state index >= 15 is 0 Å². The van der Waals surface area contributed by atoms with Gasteiger partial charge >= 0.3 is 0 Å². The Bertz CT molecular complexity index is 585. The smallest absolute Gasteiger partial charge is 0.269 e. The number of aliphatic hydroxyl groups excluding tert-OH is 1. The molecule has 2 atom stereocenters. The molecule has 1 aromatic rings. The second-order valence-electron chi connectivity index (χ2n) is 4.14. The number of hydrogen-bond acceptors (Lipinski definition) is 5. The van der Waals surface area contributed by atoms with Gasteiger partial charge in [0.15, 0.2) is 14.0 Å². The number of non-ortho nitro benzene ring substituents is 1. The van der Waals surface area contributed by atoms with Crippen LogP contribution < -0.4 is 0 Å². The Balaban J connectivity index is 3.24. The molecule has 0 spiro atoms. The van der Waals surface area contributed by atoms with Crippen LogP contribution in [0.2, 0.25) is 0 Å². The minimum absolute atomic E-state index is 0.0868. The van der Waals surface area contributed by atoms with Gasteiger partial charge in [-0.25, -0.2) is 8.42 Å². The largest absolute Gasteiger partial charge is 0.385 e. The van der Waals surface area contributed by atoms with Gasteiger partial charge in [-0.15, -0.1) is 0 Å². The monoisotopic (exact) mass is 307 g/mol. The summed E-state index contributed by atoms with van der Waals surface area (Å²) in [6, 6.07) is 5.11. The van der Waals surface area contributed by atoms with Gasteiger partial charge in [-0.1, -0.05) is 30.7 Å². The molecule has 1 aromatic carbocycles. The molecular formula is C11H14ClNO5S. The predicted octanol–water partition coefficient (Wildman–Crippen LogP) is 2.02. The highest BCUT2D eigenvalue weighted by molar-refractivity contribution is 7.94. The molecule has 0 radical (unpaired) electrons. The van der Waals surface area contributed by atoms with Crippen molar-refractivity contribution in [3.8, 4) is 0 Å². The van der Waals surface area contributed by atoms with Gasteiger partial charge in [0.2, 0.25) is 0 Å². The van der Waals surface area contributed by atoms with E-state index in [1.54, 1.807) is 0 Å². The van der Waals surface area contributed by atoms with Crippen LogP contribution in [0.5, 0.6) is 0 Å². The Kier molecular flexibility index (Phi) is 4.54. The van der Waals surface area contributed by atoms with Crippen molar-refractivity contribution in [2.45, 2.75) is 24.2 Å². The Morgan fingerprint density at radius 3 is 2.58 bits per heavy atom. The molecular weight excluding hydrogens is 294 g/mol. The van der Waals surface area contributed by atoms with Crippen molar-refractivity contribution in [1.82, 2.24) is 0 Å². The summed E-state index contributed by atoms with van der Waals surface area (Å²) in [7, 11) is -3.73. The van der Waals surface area contributed by atoms with Crippen molar-refractivity contribution in [2.24, 2.45) is 0 Å². The van der Waals surface area contributed by atoms with Crippen molar-refractivity contribution in [3.05, 3.63) is 39.9 Å². The van der Waals surface area contributed by atoms with E-state index in [1.807, 2.05) is 0 Å². The van der Waals surface area contributed by atoms with Gasteiger partial charge < -0.3 is 5.11 Å². The van der Waals surface area contributed by atoms with Gasteiger partial charge in [-0.2, -0.15) is 0 Å². The van der Waals surface area contributed by atoms with Gasteiger partial charge in [0, 0.05) is 17.9 Å². The molecule has 1 N–H and O–H groups in total. The Hall–Kier alpha value is -1.18. The van der Waals surface area contributed by atoms with Crippen LogP contribution in [-0.4, -0.2) is 28.4 Å². The molecule has 0 aliphatic rings. The van der Waals surface area contributed by atoms with E-state index in [1.165, 1.54) is 32.0 Å². The number of halogens is 1. The van der Waals surface area contributed by atoms with E-state index in [-0.39, 0.29) is 17.0 Å². The molecule has 106 valence electrons. The van der Waals surface area contributed by atoms with Crippen LogP contribution in [0.1, 0.15) is 25.5 Å². The maximum Gasteiger partial charge on any atom is 0.269 e. The van der Waals surface area contributed by atoms with Gasteiger partial charge in [-0.3, -0.25) is 10.1 Å². The number of nitro groups is 1. The number of hydrogen-bond donors (Lipinski definition) is 1. The molecule has 0 fully saturated rings. The molecule has 8 heteroatoms. The fraction of sp³-hybridized carbons (Fsp3) is 0.455. The van der Waals surface area contributed by atoms with E-state index in [0.717, 1.165) is 6.07 Å². The molecule has 19 heavy (non-hydrogen) atoms. The highest BCUT2D eigenvalue weighted by atomic mass is 35.5. The average molecular weight is 308 g/mol. The molecule has 2 unspecified atom stereocenters. The standard InChI is InChI=1S/C11H14ClNO5S/c1-3-19(17,18)11(2,12)10(14)8-5-4-6-9(7-8)13(15)16/h4-7,10,14H,3H2,1-2H3. The van der Waals surface area contributed by atoms with Crippen LogP contribution in [-0.2, 0) is 9.84 Å². The summed E-state index contributed by atoms with van der Waals surface area (Å²) in [6.45, 7) is 2.59. The second kappa shape index (κ2) is 5.44. The summed E-state index contributed by atoms with van der Waals surface area (Å²) in [4.78, 5) is 10.0. The minimum Gasteiger partial charge on any atom is -0.385 e. The number of nitrogens with zero attached hydrogens (tertiary/aromatic N) is 1. The topological polar surface area (TPSA) is 97.5 Å². The van der Waals surface area contributed by atoms with Crippen molar-refractivity contribution in [1.29, 1.82) is 0 Å². The van der Waals surface area contributed by atoms with Crippen LogP contribution in [0.25, 0.3) is 0 Å². The zero-order valence-corrected chi connectivity index (χ0v) is 12.0. The van der Waals surface area contributed by atoms with Gasteiger partial charge in [0.05, 0.1) is 4.92 Å². The van der Waals surface area contributed by atoms with E-state index in [0.29, 0.717) is 0 Å². The fourth-order valence-corrected chi connectivity index (χ4v) is 3.05. The second-order valence-corrected chi connectivity index (χ2v) is 7.81. The SMILES string of the molecule is CCS(=O)(=O)C(C)(Cl)C(O)c1cccc([N+](=O)[O-])c1. The first kappa shape index (κ1) is 15.9. The molecule has 0 aliphatic carbocycles. The van der Waals surface area contributed by atoms with Crippen molar-refractivity contribution in [3.63, 3.8) is 0 Å². The van der Waals surface area contributed by atoms with Crippen molar-refractivity contribution >= 4 is 27.1 Å². The summed E-state index contributed by atoms with van der Waals surface area (Å²) < 4.78 is 21.7. The number of aliphatic hydroxyl groups is 1. The molecule has 0 saturated heterocycles. The lowest BCUT2D eigenvalue weighted by atomic mass is 10.1. The van der Waals surface area contributed by atoms with Crippen LogP contribution in [0.3, 0.4) is 0 Å². The van der Waals surface area contributed by atoms with E-state index in [9.17, 15) is 23.6 Å². The lowest BCUT2D eigenvalue weighted by molar-refractivity contribution is -0.385. The Morgan fingerprint density at radius 1 is 1.53 bits per heavy atom. The number of sulfone groups is 1.